The fourth-order valence-corrected chi connectivity index (χ4v) is 2.62. The van der Waals surface area contributed by atoms with Crippen molar-refractivity contribution < 1.29 is 9.84 Å². The minimum Gasteiger partial charge on any atom is -0.492 e. The van der Waals surface area contributed by atoms with Crippen LogP contribution in [0.1, 0.15) is 37.8 Å². The predicted octanol–water partition coefficient (Wildman–Crippen LogP) is 2.30. The third kappa shape index (κ3) is 3.71. The van der Waals surface area contributed by atoms with E-state index in [1.165, 1.54) is 30.4 Å². The quantitative estimate of drug-likeness (QED) is 0.827. The fraction of sp³-hybridized carbons (Fsp3) is 0.625. The molecule has 0 saturated heterocycles. The average molecular weight is 263 g/mol. The Balaban J connectivity index is 1.99. The van der Waals surface area contributed by atoms with Crippen molar-refractivity contribution in [1.29, 1.82) is 0 Å². The van der Waals surface area contributed by atoms with Crippen LogP contribution in [0.15, 0.2) is 18.2 Å². The van der Waals surface area contributed by atoms with Gasteiger partial charge in [-0.1, -0.05) is 13.0 Å². The minimum atomic E-state index is -0.370. The minimum absolute atomic E-state index is 0.0752. The standard InChI is InChI=1S/C16H25NO2/c1-3-17-16(2,11-18)12-19-15-9-8-13-6-4-5-7-14(13)10-15/h8-10,17-18H,3-7,11-12H2,1-2H3. The van der Waals surface area contributed by atoms with Gasteiger partial charge in [-0.25, -0.2) is 0 Å². The zero-order valence-electron chi connectivity index (χ0n) is 12.0. The first-order valence-electron chi connectivity index (χ1n) is 7.27. The number of aryl methyl sites for hydroxylation is 2. The zero-order chi connectivity index (χ0) is 13.7. The van der Waals surface area contributed by atoms with Crippen LogP contribution in [-0.4, -0.2) is 30.4 Å². The van der Waals surface area contributed by atoms with Gasteiger partial charge in [-0.05, 0) is 62.4 Å². The number of aliphatic hydroxyl groups is 1. The molecule has 0 spiro atoms. The fourth-order valence-electron chi connectivity index (χ4n) is 2.62. The van der Waals surface area contributed by atoms with Gasteiger partial charge in [-0.2, -0.15) is 0 Å². The Kier molecular flexibility index (Phi) is 4.83. The van der Waals surface area contributed by atoms with Crippen LogP contribution in [0.2, 0.25) is 0 Å². The van der Waals surface area contributed by atoms with Crippen molar-refractivity contribution in [3.05, 3.63) is 29.3 Å². The maximum absolute atomic E-state index is 9.44. The number of benzene rings is 1. The molecule has 1 aliphatic carbocycles. The molecule has 1 atom stereocenters. The Morgan fingerprint density at radius 2 is 2.00 bits per heavy atom. The molecular weight excluding hydrogens is 238 g/mol. The second kappa shape index (κ2) is 6.40. The molecule has 1 aliphatic rings. The Morgan fingerprint density at radius 1 is 1.26 bits per heavy atom. The van der Waals surface area contributed by atoms with E-state index in [0.717, 1.165) is 18.7 Å². The molecule has 0 heterocycles. The molecule has 0 bridgehead atoms. The summed E-state index contributed by atoms with van der Waals surface area (Å²) in [5, 5.41) is 12.7. The van der Waals surface area contributed by atoms with Crippen molar-refractivity contribution in [3.63, 3.8) is 0 Å². The second-order valence-electron chi connectivity index (χ2n) is 5.68. The van der Waals surface area contributed by atoms with E-state index in [1.807, 2.05) is 19.9 Å². The van der Waals surface area contributed by atoms with Crippen LogP contribution < -0.4 is 10.1 Å². The summed E-state index contributed by atoms with van der Waals surface area (Å²) < 4.78 is 5.86. The lowest BCUT2D eigenvalue weighted by Gasteiger charge is -2.28. The van der Waals surface area contributed by atoms with Crippen molar-refractivity contribution in [2.75, 3.05) is 19.8 Å². The highest BCUT2D eigenvalue weighted by atomic mass is 16.5. The first-order chi connectivity index (χ1) is 9.17. The summed E-state index contributed by atoms with van der Waals surface area (Å²) in [5.41, 5.74) is 2.53. The van der Waals surface area contributed by atoms with Crippen LogP contribution in [0.5, 0.6) is 5.75 Å². The monoisotopic (exact) mass is 263 g/mol. The molecule has 0 amide bonds. The number of rotatable bonds is 6. The topological polar surface area (TPSA) is 41.5 Å². The lowest BCUT2D eigenvalue weighted by atomic mass is 9.92. The summed E-state index contributed by atoms with van der Waals surface area (Å²) in [6.45, 7) is 5.40. The molecular formula is C16H25NO2. The van der Waals surface area contributed by atoms with E-state index in [0.29, 0.717) is 6.61 Å². The van der Waals surface area contributed by atoms with E-state index >= 15 is 0 Å². The van der Waals surface area contributed by atoms with Crippen LogP contribution in [0, 0.1) is 0 Å². The maximum atomic E-state index is 9.44. The van der Waals surface area contributed by atoms with Gasteiger partial charge >= 0.3 is 0 Å². The molecule has 1 unspecified atom stereocenters. The zero-order valence-corrected chi connectivity index (χ0v) is 12.0. The highest BCUT2D eigenvalue weighted by Gasteiger charge is 2.23. The summed E-state index contributed by atoms with van der Waals surface area (Å²) in [5.74, 6) is 0.915. The van der Waals surface area contributed by atoms with E-state index in [-0.39, 0.29) is 12.1 Å². The van der Waals surface area contributed by atoms with Crippen molar-refractivity contribution in [2.24, 2.45) is 0 Å². The Morgan fingerprint density at radius 3 is 2.68 bits per heavy atom. The van der Waals surface area contributed by atoms with Gasteiger partial charge in [0.1, 0.15) is 12.4 Å². The average Bonchev–Trinajstić information content (AvgIpc) is 2.45. The maximum Gasteiger partial charge on any atom is 0.119 e. The number of likely N-dealkylation sites (N-methyl/N-ethyl adjacent to an activating group) is 1. The van der Waals surface area contributed by atoms with Gasteiger partial charge < -0.3 is 15.2 Å². The van der Waals surface area contributed by atoms with Crippen LogP contribution in [0.4, 0.5) is 0 Å². The van der Waals surface area contributed by atoms with Crippen molar-refractivity contribution >= 4 is 0 Å². The van der Waals surface area contributed by atoms with Gasteiger partial charge in [0.15, 0.2) is 0 Å². The van der Waals surface area contributed by atoms with Crippen molar-refractivity contribution in [3.8, 4) is 5.75 Å². The van der Waals surface area contributed by atoms with E-state index in [9.17, 15) is 5.11 Å². The van der Waals surface area contributed by atoms with Gasteiger partial charge in [-0.15, -0.1) is 0 Å². The van der Waals surface area contributed by atoms with Gasteiger partial charge in [-0.3, -0.25) is 0 Å². The van der Waals surface area contributed by atoms with Crippen LogP contribution in [0.25, 0.3) is 0 Å². The van der Waals surface area contributed by atoms with E-state index in [2.05, 4.69) is 17.4 Å². The molecule has 1 aromatic carbocycles. The van der Waals surface area contributed by atoms with E-state index < -0.39 is 0 Å². The van der Waals surface area contributed by atoms with Gasteiger partial charge in [0.2, 0.25) is 0 Å². The number of hydrogen-bond acceptors (Lipinski definition) is 3. The number of fused-ring (bicyclic) bond motifs is 1. The lowest BCUT2D eigenvalue weighted by Crippen LogP contribution is -2.50. The van der Waals surface area contributed by atoms with Crippen LogP contribution >= 0.6 is 0 Å². The highest BCUT2D eigenvalue weighted by Crippen LogP contribution is 2.25. The highest BCUT2D eigenvalue weighted by molar-refractivity contribution is 5.37. The lowest BCUT2D eigenvalue weighted by molar-refractivity contribution is 0.117. The summed E-state index contributed by atoms with van der Waals surface area (Å²) in [7, 11) is 0. The van der Waals surface area contributed by atoms with Gasteiger partial charge in [0.25, 0.3) is 0 Å². The van der Waals surface area contributed by atoms with Crippen molar-refractivity contribution in [2.45, 2.75) is 45.1 Å². The predicted molar refractivity (Wildman–Crippen MR) is 77.7 cm³/mol. The number of ether oxygens (including phenoxy) is 1. The molecule has 106 valence electrons. The Hall–Kier alpha value is -1.06. The molecule has 0 aromatic heterocycles. The van der Waals surface area contributed by atoms with Crippen molar-refractivity contribution in [1.82, 2.24) is 5.32 Å². The molecule has 19 heavy (non-hydrogen) atoms. The number of hydrogen-bond donors (Lipinski definition) is 2. The SMILES string of the molecule is CCNC(C)(CO)COc1ccc2c(c1)CCCC2. The molecule has 1 aromatic rings. The van der Waals surface area contributed by atoms with Crippen LogP contribution in [-0.2, 0) is 12.8 Å². The van der Waals surface area contributed by atoms with Gasteiger partial charge in [0, 0.05) is 0 Å². The molecule has 0 radical (unpaired) electrons. The Labute approximate surface area is 116 Å². The van der Waals surface area contributed by atoms with E-state index in [4.69, 9.17) is 4.74 Å². The van der Waals surface area contributed by atoms with E-state index in [1.54, 1.807) is 0 Å². The normalized spacial score (nSPS) is 17.6. The smallest absolute Gasteiger partial charge is 0.119 e. The first-order valence-corrected chi connectivity index (χ1v) is 7.27. The first kappa shape index (κ1) is 14.4. The molecule has 3 nitrogen and oxygen atoms in total. The second-order valence-corrected chi connectivity index (χ2v) is 5.68. The molecule has 0 fully saturated rings. The molecule has 2 N–H and O–H groups in total. The molecule has 2 rings (SSSR count). The largest absolute Gasteiger partial charge is 0.492 e. The molecule has 0 aliphatic heterocycles. The summed E-state index contributed by atoms with van der Waals surface area (Å²) in [4.78, 5) is 0. The number of nitrogens with one attached hydrogen (secondary N) is 1. The summed E-state index contributed by atoms with van der Waals surface area (Å²) in [6, 6.07) is 6.40. The third-order valence-electron chi connectivity index (χ3n) is 3.83. The summed E-state index contributed by atoms with van der Waals surface area (Å²) >= 11 is 0. The van der Waals surface area contributed by atoms with Crippen LogP contribution in [0.3, 0.4) is 0 Å². The molecule has 3 heteroatoms. The third-order valence-corrected chi connectivity index (χ3v) is 3.83. The summed E-state index contributed by atoms with van der Waals surface area (Å²) in [6.07, 6.45) is 4.94. The molecule has 0 saturated carbocycles. The Bertz CT molecular complexity index is 419. The van der Waals surface area contributed by atoms with Gasteiger partial charge in [0.05, 0.1) is 12.1 Å². The number of aliphatic hydroxyl groups excluding tert-OH is 1.